The van der Waals surface area contributed by atoms with Crippen molar-refractivity contribution in [3.63, 3.8) is 0 Å². The molecule has 0 N–H and O–H groups in total. The minimum atomic E-state index is 0.126. The van der Waals surface area contributed by atoms with Crippen molar-refractivity contribution in [2.45, 2.75) is 269 Å². The van der Waals surface area contributed by atoms with Crippen molar-refractivity contribution < 1.29 is 28.5 Å². The monoisotopic (exact) mass is 865 g/mol. The number of esters is 2. The van der Waals surface area contributed by atoms with E-state index in [1.807, 2.05) is 0 Å². The molecular formula is C56H96O6. The lowest BCUT2D eigenvalue weighted by atomic mass is 9.65. The molecule has 0 bridgehead atoms. The van der Waals surface area contributed by atoms with Gasteiger partial charge >= 0.3 is 11.9 Å². The molecule has 0 aromatic carbocycles. The normalized spacial score (nSPS) is 38.5. The second-order valence-electron chi connectivity index (χ2n) is 22.8. The van der Waals surface area contributed by atoms with E-state index < -0.39 is 0 Å². The highest BCUT2D eigenvalue weighted by Crippen LogP contribution is 2.47. The Morgan fingerprint density at radius 2 is 0.645 bits per heavy atom. The molecule has 0 amide bonds. The largest absolute Gasteiger partial charge is 0.462 e. The summed E-state index contributed by atoms with van der Waals surface area (Å²) in [5.74, 6) is 7.13. The van der Waals surface area contributed by atoms with Gasteiger partial charge in [0.1, 0.15) is 12.2 Å². The van der Waals surface area contributed by atoms with Crippen LogP contribution in [0.3, 0.4) is 0 Å². The van der Waals surface area contributed by atoms with E-state index in [0.29, 0.717) is 12.2 Å². The number of carbonyl (C=O) groups excluding carboxylic acids is 2. The first-order valence-corrected chi connectivity index (χ1v) is 28.1. The highest BCUT2D eigenvalue weighted by molar-refractivity contribution is 5.73. The van der Waals surface area contributed by atoms with Gasteiger partial charge in [0.25, 0.3) is 0 Å². The summed E-state index contributed by atoms with van der Waals surface area (Å²) < 4.78 is 25.0. The molecule has 6 heteroatoms. The molecule has 7 fully saturated rings. The Kier molecular flexibility index (Phi) is 20.7. The van der Waals surface area contributed by atoms with Crippen molar-refractivity contribution in [2.24, 2.45) is 59.2 Å². The predicted octanol–water partition coefficient (Wildman–Crippen LogP) is 14.9. The van der Waals surface area contributed by atoms with Gasteiger partial charge < -0.3 is 18.9 Å². The lowest BCUT2D eigenvalue weighted by Gasteiger charge is -2.42. The van der Waals surface area contributed by atoms with Crippen molar-refractivity contribution in [3.05, 3.63) is 0 Å². The van der Waals surface area contributed by atoms with Crippen molar-refractivity contribution in [3.8, 4) is 0 Å². The third kappa shape index (κ3) is 14.9. The van der Waals surface area contributed by atoms with E-state index in [-0.39, 0.29) is 36.0 Å². The Morgan fingerprint density at radius 1 is 0.339 bits per heavy atom. The zero-order valence-electron chi connectivity index (χ0n) is 40.4. The van der Waals surface area contributed by atoms with Crippen LogP contribution in [0.2, 0.25) is 0 Å². The summed E-state index contributed by atoms with van der Waals surface area (Å²) in [6.45, 7) is 6.44. The van der Waals surface area contributed by atoms with E-state index in [2.05, 4.69) is 13.8 Å². The van der Waals surface area contributed by atoms with Crippen LogP contribution in [0.25, 0.3) is 0 Å². The van der Waals surface area contributed by atoms with Crippen LogP contribution in [-0.2, 0) is 28.5 Å². The van der Waals surface area contributed by atoms with Gasteiger partial charge in [-0.25, -0.2) is 0 Å². The molecule has 0 saturated heterocycles. The summed E-state index contributed by atoms with van der Waals surface area (Å²) >= 11 is 0. The van der Waals surface area contributed by atoms with Crippen LogP contribution in [0.4, 0.5) is 0 Å². The maximum absolute atomic E-state index is 13.4. The van der Waals surface area contributed by atoms with Crippen LogP contribution in [0.5, 0.6) is 0 Å². The van der Waals surface area contributed by atoms with Gasteiger partial charge in [0.2, 0.25) is 0 Å². The average Bonchev–Trinajstić information content (AvgIpc) is 3.32. The summed E-state index contributed by atoms with van der Waals surface area (Å²) in [6.07, 6.45) is 45.7. The molecule has 0 heterocycles. The number of carbonyl (C=O) groups is 2. The minimum absolute atomic E-state index is 0.126. The summed E-state index contributed by atoms with van der Waals surface area (Å²) in [6, 6.07) is 0. The lowest BCUT2D eigenvalue weighted by molar-refractivity contribution is -0.158. The fourth-order valence-electron chi connectivity index (χ4n) is 14.7. The molecule has 7 aliphatic carbocycles. The van der Waals surface area contributed by atoms with Gasteiger partial charge in [-0.2, -0.15) is 0 Å². The van der Waals surface area contributed by atoms with Gasteiger partial charge in [-0.15, -0.1) is 0 Å². The minimum Gasteiger partial charge on any atom is -0.462 e. The zero-order chi connectivity index (χ0) is 42.9. The molecule has 7 aliphatic rings. The standard InChI is InChI=1S/C56H96O6/c1-3-5-7-9-38-59-51-30-22-43(23-31-51)41-14-18-47(19-15-41)55(57)61-53-34-26-45(27-35-53)49-12-11-13-50(40-49)46-28-36-54(37-29-46)62-56(58)48-20-16-42(17-21-48)44-24-32-52(33-25-44)60-39-10-8-6-4-2/h41-54H,3-40H2,1-2H3. The van der Waals surface area contributed by atoms with E-state index in [1.54, 1.807) is 0 Å². The Morgan fingerprint density at radius 3 is 0.984 bits per heavy atom. The predicted molar refractivity (Wildman–Crippen MR) is 252 cm³/mol. The summed E-state index contributed by atoms with van der Waals surface area (Å²) in [4.78, 5) is 26.7. The molecule has 62 heavy (non-hydrogen) atoms. The SMILES string of the molecule is CCCCCCOC1CCC(C2CCC(C(=O)OC3CCC(C4CCCC(C5CCC(OC(=O)C6CCC(C7CCC(OCCCCCC)CC7)CC6)CC5)C4)CC3)CC2)CC1. The van der Waals surface area contributed by atoms with E-state index in [9.17, 15) is 9.59 Å². The van der Waals surface area contributed by atoms with E-state index in [0.717, 1.165) is 112 Å². The fourth-order valence-corrected chi connectivity index (χ4v) is 14.7. The Labute approximate surface area is 381 Å². The quantitative estimate of drug-likeness (QED) is 0.0897. The van der Waals surface area contributed by atoms with E-state index in [1.165, 1.54) is 180 Å². The van der Waals surface area contributed by atoms with E-state index in [4.69, 9.17) is 18.9 Å². The fraction of sp³-hybridized carbons (Fsp3) is 0.964. The van der Waals surface area contributed by atoms with Crippen LogP contribution in [-0.4, -0.2) is 49.6 Å². The molecule has 356 valence electrons. The van der Waals surface area contributed by atoms with Crippen molar-refractivity contribution in [1.29, 1.82) is 0 Å². The third-order valence-electron chi connectivity index (χ3n) is 18.8. The Hall–Kier alpha value is -1.14. The summed E-state index contributed by atoms with van der Waals surface area (Å²) in [5, 5.41) is 0. The van der Waals surface area contributed by atoms with Crippen LogP contribution in [0, 0.1) is 59.2 Å². The zero-order valence-corrected chi connectivity index (χ0v) is 40.4. The van der Waals surface area contributed by atoms with Gasteiger partial charge in [-0.05, 0) is 221 Å². The average molecular weight is 865 g/mol. The van der Waals surface area contributed by atoms with Crippen LogP contribution in [0.1, 0.15) is 245 Å². The van der Waals surface area contributed by atoms with Crippen LogP contribution >= 0.6 is 0 Å². The second kappa shape index (κ2) is 26.3. The van der Waals surface area contributed by atoms with Gasteiger partial charge in [0, 0.05) is 13.2 Å². The molecular weight excluding hydrogens is 769 g/mol. The molecule has 6 nitrogen and oxygen atoms in total. The van der Waals surface area contributed by atoms with Crippen LogP contribution in [0.15, 0.2) is 0 Å². The third-order valence-corrected chi connectivity index (χ3v) is 18.8. The summed E-state index contributed by atoms with van der Waals surface area (Å²) in [7, 11) is 0. The molecule has 7 saturated carbocycles. The first-order valence-electron chi connectivity index (χ1n) is 28.1. The van der Waals surface area contributed by atoms with Crippen molar-refractivity contribution >= 4 is 11.9 Å². The Bertz CT molecular complexity index is 1140. The van der Waals surface area contributed by atoms with Gasteiger partial charge in [-0.3, -0.25) is 9.59 Å². The molecule has 2 atom stereocenters. The number of hydrogen-bond acceptors (Lipinski definition) is 6. The molecule has 0 radical (unpaired) electrons. The highest BCUT2D eigenvalue weighted by atomic mass is 16.5. The highest BCUT2D eigenvalue weighted by Gasteiger charge is 2.40. The summed E-state index contributed by atoms with van der Waals surface area (Å²) in [5.41, 5.74) is 0. The number of ether oxygens (including phenoxy) is 4. The first-order chi connectivity index (χ1) is 30.4. The maximum Gasteiger partial charge on any atom is 0.309 e. The van der Waals surface area contributed by atoms with Crippen molar-refractivity contribution in [1.82, 2.24) is 0 Å². The molecule has 2 unspecified atom stereocenters. The van der Waals surface area contributed by atoms with Gasteiger partial charge in [-0.1, -0.05) is 71.6 Å². The molecule has 0 aliphatic heterocycles. The maximum atomic E-state index is 13.4. The Balaban J connectivity index is 0.718. The van der Waals surface area contributed by atoms with Crippen LogP contribution < -0.4 is 0 Å². The first kappa shape index (κ1) is 48.8. The lowest BCUT2D eigenvalue weighted by Crippen LogP contribution is -2.35. The second-order valence-corrected chi connectivity index (χ2v) is 22.8. The molecule has 0 aromatic rings. The van der Waals surface area contributed by atoms with Gasteiger partial charge in [0.05, 0.1) is 24.0 Å². The number of hydrogen-bond donors (Lipinski definition) is 0. The smallest absolute Gasteiger partial charge is 0.309 e. The molecule has 0 aromatic heterocycles. The molecule has 7 rings (SSSR count). The number of unbranched alkanes of at least 4 members (excludes halogenated alkanes) is 6. The topological polar surface area (TPSA) is 71.1 Å². The van der Waals surface area contributed by atoms with Gasteiger partial charge in [0.15, 0.2) is 0 Å². The number of rotatable bonds is 20. The van der Waals surface area contributed by atoms with E-state index >= 15 is 0 Å². The van der Waals surface area contributed by atoms with Crippen molar-refractivity contribution in [2.75, 3.05) is 13.2 Å². The molecule has 0 spiro atoms.